The maximum absolute atomic E-state index is 11.8. The minimum Gasteiger partial charge on any atom is -0.331 e. The SMILES string of the molecule is CN1CC(=O)N(CC(=O)NNC(=S)Nc2cccc(Cl)c2)C1=O. The van der Waals surface area contributed by atoms with E-state index in [-0.39, 0.29) is 18.2 Å². The van der Waals surface area contributed by atoms with Gasteiger partial charge in [0, 0.05) is 17.8 Å². The Morgan fingerprint density at radius 2 is 2.09 bits per heavy atom. The van der Waals surface area contributed by atoms with Crippen LogP contribution in [0.3, 0.4) is 0 Å². The number of urea groups is 1. The van der Waals surface area contributed by atoms with Crippen LogP contribution < -0.4 is 16.2 Å². The number of carbonyl (C=O) groups excluding carboxylic acids is 3. The van der Waals surface area contributed by atoms with Gasteiger partial charge in [0.25, 0.3) is 11.8 Å². The van der Waals surface area contributed by atoms with Crippen molar-refractivity contribution in [2.75, 3.05) is 25.5 Å². The fourth-order valence-electron chi connectivity index (χ4n) is 1.86. The second-order valence-corrected chi connectivity index (χ2v) is 5.60. The molecule has 0 saturated carbocycles. The molecule has 1 fully saturated rings. The van der Waals surface area contributed by atoms with Gasteiger partial charge in [-0.05, 0) is 30.4 Å². The Kier molecular flexibility index (Phi) is 5.35. The zero-order chi connectivity index (χ0) is 17.0. The Morgan fingerprint density at radius 1 is 1.35 bits per heavy atom. The minimum atomic E-state index is -0.572. The summed E-state index contributed by atoms with van der Waals surface area (Å²) in [7, 11) is 1.49. The van der Waals surface area contributed by atoms with Gasteiger partial charge >= 0.3 is 6.03 Å². The summed E-state index contributed by atoms with van der Waals surface area (Å²) < 4.78 is 0. The summed E-state index contributed by atoms with van der Waals surface area (Å²) in [5, 5.41) is 3.50. The van der Waals surface area contributed by atoms with Crippen LogP contribution in [0.1, 0.15) is 0 Å². The summed E-state index contributed by atoms with van der Waals surface area (Å²) in [6.45, 7) is -0.414. The van der Waals surface area contributed by atoms with E-state index in [0.29, 0.717) is 10.7 Å². The van der Waals surface area contributed by atoms with Crippen molar-refractivity contribution >= 4 is 52.5 Å². The van der Waals surface area contributed by atoms with Gasteiger partial charge in [-0.3, -0.25) is 25.3 Å². The van der Waals surface area contributed by atoms with E-state index < -0.39 is 17.8 Å². The molecular weight excluding hydrogens is 342 g/mol. The number of anilines is 1. The largest absolute Gasteiger partial charge is 0.331 e. The zero-order valence-electron chi connectivity index (χ0n) is 12.1. The number of imide groups is 1. The fraction of sp³-hybridized carbons (Fsp3) is 0.231. The molecule has 1 aromatic carbocycles. The Hall–Kier alpha value is -2.39. The van der Waals surface area contributed by atoms with E-state index >= 15 is 0 Å². The summed E-state index contributed by atoms with van der Waals surface area (Å²) in [5.41, 5.74) is 5.44. The molecule has 2 rings (SSSR count). The first-order valence-electron chi connectivity index (χ1n) is 6.53. The van der Waals surface area contributed by atoms with Crippen molar-refractivity contribution in [3.63, 3.8) is 0 Å². The highest BCUT2D eigenvalue weighted by Gasteiger charge is 2.34. The molecule has 1 aromatic rings. The monoisotopic (exact) mass is 355 g/mol. The molecule has 1 heterocycles. The summed E-state index contributed by atoms with van der Waals surface area (Å²) >= 11 is 10.9. The lowest BCUT2D eigenvalue weighted by molar-refractivity contribution is -0.130. The van der Waals surface area contributed by atoms with Gasteiger partial charge in [0.2, 0.25) is 0 Å². The van der Waals surface area contributed by atoms with Crippen molar-refractivity contribution in [2.24, 2.45) is 0 Å². The van der Waals surface area contributed by atoms with Gasteiger partial charge in [0.1, 0.15) is 13.1 Å². The average molecular weight is 356 g/mol. The van der Waals surface area contributed by atoms with Crippen molar-refractivity contribution in [1.29, 1.82) is 0 Å². The number of thiocarbonyl (C=S) groups is 1. The number of hydrogen-bond acceptors (Lipinski definition) is 4. The topological polar surface area (TPSA) is 93.8 Å². The molecule has 10 heteroatoms. The van der Waals surface area contributed by atoms with Crippen LogP contribution in [0.5, 0.6) is 0 Å². The Bertz CT molecular complexity index is 669. The van der Waals surface area contributed by atoms with Gasteiger partial charge in [-0.1, -0.05) is 17.7 Å². The van der Waals surface area contributed by atoms with Crippen molar-refractivity contribution < 1.29 is 14.4 Å². The lowest BCUT2D eigenvalue weighted by atomic mass is 10.3. The Morgan fingerprint density at radius 3 is 2.70 bits per heavy atom. The molecule has 0 spiro atoms. The van der Waals surface area contributed by atoms with Crippen molar-refractivity contribution in [3.05, 3.63) is 29.3 Å². The quantitative estimate of drug-likeness (QED) is 0.416. The second kappa shape index (κ2) is 7.25. The molecule has 0 aliphatic carbocycles. The molecule has 0 atom stereocenters. The van der Waals surface area contributed by atoms with E-state index in [2.05, 4.69) is 16.2 Å². The molecular formula is C13H14ClN5O3S. The summed E-state index contributed by atoms with van der Waals surface area (Å²) in [6.07, 6.45) is 0. The summed E-state index contributed by atoms with van der Waals surface area (Å²) in [4.78, 5) is 37.1. The first kappa shape index (κ1) is 17.0. The molecule has 23 heavy (non-hydrogen) atoms. The smallest absolute Gasteiger partial charge is 0.327 e. The van der Waals surface area contributed by atoms with Gasteiger partial charge < -0.3 is 10.2 Å². The van der Waals surface area contributed by atoms with Gasteiger partial charge in [0.15, 0.2) is 5.11 Å². The number of hydrogen-bond donors (Lipinski definition) is 3. The standard InChI is InChI=1S/C13H14ClN5O3S/c1-18-7-11(21)19(13(18)22)6-10(20)16-17-12(23)15-9-4-2-3-8(14)5-9/h2-5H,6-7H2,1H3,(H,16,20)(H2,15,17,23). The molecule has 0 aromatic heterocycles. The number of carbonyl (C=O) groups is 3. The molecule has 1 saturated heterocycles. The third-order valence-corrected chi connectivity index (χ3v) is 3.37. The number of likely N-dealkylation sites (N-methyl/N-ethyl adjacent to an activating group) is 1. The van der Waals surface area contributed by atoms with Crippen molar-refractivity contribution in [3.8, 4) is 0 Å². The van der Waals surface area contributed by atoms with E-state index in [4.69, 9.17) is 23.8 Å². The lowest BCUT2D eigenvalue weighted by Crippen LogP contribution is -2.49. The summed E-state index contributed by atoms with van der Waals surface area (Å²) in [6, 6.07) is 6.36. The van der Waals surface area contributed by atoms with Crippen LogP contribution in [0.4, 0.5) is 10.5 Å². The van der Waals surface area contributed by atoms with E-state index in [9.17, 15) is 14.4 Å². The molecule has 122 valence electrons. The third kappa shape index (κ3) is 4.54. The van der Waals surface area contributed by atoms with Gasteiger partial charge in [-0.2, -0.15) is 0 Å². The molecule has 0 unspecified atom stereocenters. The third-order valence-electron chi connectivity index (χ3n) is 2.93. The van der Waals surface area contributed by atoms with Crippen LogP contribution in [0.25, 0.3) is 0 Å². The molecule has 8 nitrogen and oxygen atoms in total. The van der Waals surface area contributed by atoms with Crippen LogP contribution in [0, 0.1) is 0 Å². The first-order valence-corrected chi connectivity index (χ1v) is 7.32. The van der Waals surface area contributed by atoms with Crippen molar-refractivity contribution in [2.45, 2.75) is 0 Å². The van der Waals surface area contributed by atoms with Crippen LogP contribution in [0.15, 0.2) is 24.3 Å². The Labute approximate surface area is 142 Å². The van der Waals surface area contributed by atoms with E-state index in [1.807, 2.05) is 0 Å². The van der Waals surface area contributed by atoms with Gasteiger partial charge in [0.05, 0.1) is 0 Å². The minimum absolute atomic E-state index is 0.0335. The van der Waals surface area contributed by atoms with Crippen LogP contribution in [-0.4, -0.2) is 52.9 Å². The fourth-order valence-corrected chi connectivity index (χ4v) is 2.22. The Balaban J connectivity index is 1.79. The summed E-state index contributed by atoms with van der Waals surface area (Å²) in [5.74, 6) is -0.996. The molecule has 0 radical (unpaired) electrons. The van der Waals surface area contributed by atoms with Crippen LogP contribution >= 0.6 is 23.8 Å². The predicted octanol–water partition coefficient (Wildman–Crippen LogP) is 0.552. The highest BCUT2D eigenvalue weighted by Crippen LogP contribution is 2.14. The van der Waals surface area contributed by atoms with Crippen molar-refractivity contribution in [1.82, 2.24) is 20.7 Å². The number of benzene rings is 1. The molecule has 1 aliphatic heterocycles. The van der Waals surface area contributed by atoms with E-state index in [1.165, 1.54) is 11.9 Å². The normalized spacial score (nSPS) is 14.0. The van der Waals surface area contributed by atoms with Gasteiger partial charge in [-0.15, -0.1) is 0 Å². The highest BCUT2D eigenvalue weighted by atomic mass is 35.5. The highest BCUT2D eigenvalue weighted by molar-refractivity contribution is 7.80. The maximum atomic E-state index is 11.8. The van der Waals surface area contributed by atoms with Crippen LogP contribution in [-0.2, 0) is 9.59 Å². The van der Waals surface area contributed by atoms with E-state index in [1.54, 1.807) is 24.3 Å². The van der Waals surface area contributed by atoms with E-state index in [0.717, 1.165) is 4.90 Å². The second-order valence-electron chi connectivity index (χ2n) is 4.76. The number of nitrogens with zero attached hydrogens (tertiary/aromatic N) is 2. The van der Waals surface area contributed by atoms with Gasteiger partial charge in [-0.25, -0.2) is 4.79 Å². The molecule has 1 aliphatic rings. The number of amides is 4. The number of hydrazine groups is 1. The number of nitrogens with one attached hydrogen (secondary N) is 3. The molecule has 3 N–H and O–H groups in total. The first-order chi connectivity index (χ1) is 10.9. The number of halogens is 1. The molecule has 4 amide bonds. The van der Waals surface area contributed by atoms with Crippen LogP contribution in [0.2, 0.25) is 5.02 Å². The lowest BCUT2D eigenvalue weighted by Gasteiger charge is -2.15. The average Bonchev–Trinajstić information content (AvgIpc) is 2.72. The predicted molar refractivity (Wildman–Crippen MR) is 88.7 cm³/mol. The number of rotatable bonds is 3. The maximum Gasteiger partial charge on any atom is 0.327 e. The molecule has 0 bridgehead atoms. The zero-order valence-corrected chi connectivity index (χ0v) is 13.7.